The van der Waals surface area contributed by atoms with Crippen LogP contribution in [0.15, 0.2) is 60.9 Å². The number of aromatic nitrogens is 1. The summed E-state index contributed by atoms with van der Waals surface area (Å²) in [5.74, 6) is 0.863. The quantitative estimate of drug-likeness (QED) is 0.590. The normalized spacial score (nSPS) is 10.4. The number of hydrogen-bond donors (Lipinski definition) is 1. The van der Waals surface area contributed by atoms with Crippen LogP contribution in [0.5, 0.6) is 11.5 Å². The molecule has 3 rings (SSSR count). The number of aryl methyl sites for hydroxylation is 1. The monoisotopic (exact) mass is 396 g/mol. The number of carbonyl (C=O) groups excluding carboxylic acids is 1. The van der Waals surface area contributed by atoms with Gasteiger partial charge in [0.2, 0.25) is 0 Å². The Labute approximate surface area is 169 Å². The van der Waals surface area contributed by atoms with Crippen molar-refractivity contribution >= 4 is 23.2 Å². The molecule has 0 saturated heterocycles. The average molecular weight is 397 g/mol. The fourth-order valence-electron chi connectivity index (χ4n) is 2.64. The summed E-state index contributed by atoms with van der Waals surface area (Å²) in [7, 11) is 0. The van der Waals surface area contributed by atoms with Crippen LogP contribution >= 0.6 is 11.6 Å². The van der Waals surface area contributed by atoms with Gasteiger partial charge in [-0.15, -0.1) is 0 Å². The molecule has 0 saturated carbocycles. The molecule has 28 heavy (non-hydrogen) atoms. The molecule has 3 aromatic rings. The SMILES string of the molecule is CCOc1cc(C(=O)Nc2ccc(Cl)cc2C)ccc1OCc1cccnc1. The minimum atomic E-state index is -0.231. The van der Waals surface area contributed by atoms with E-state index in [9.17, 15) is 4.79 Å². The third kappa shape index (κ3) is 5.02. The minimum Gasteiger partial charge on any atom is -0.490 e. The van der Waals surface area contributed by atoms with E-state index in [1.54, 1.807) is 48.8 Å². The molecule has 1 aromatic heterocycles. The summed E-state index contributed by atoms with van der Waals surface area (Å²) in [5, 5.41) is 3.53. The highest BCUT2D eigenvalue weighted by atomic mass is 35.5. The molecular formula is C22H21ClN2O3. The van der Waals surface area contributed by atoms with Gasteiger partial charge in [-0.1, -0.05) is 17.7 Å². The molecule has 0 unspecified atom stereocenters. The summed E-state index contributed by atoms with van der Waals surface area (Å²) >= 11 is 5.97. The lowest BCUT2D eigenvalue weighted by atomic mass is 10.1. The summed E-state index contributed by atoms with van der Waals surface area (Å²) in [5.41, 5.74) is 3.03. The zero-order valence-electron chi connectivity index (χ0n) is 15.7. The van der Waals surface area contributed by atoms with Crippen molar-refractivity contribution in [3.8, 4) is 11.5 Å². The van der Waals surface area contributed by atoms with E-state index < -0.39 is 0 Å². The number of ether oxygens (including phenoxy) is 2. The molecule has 144 valence electrons. The zero-order chi connectivity index (χ0) is 19.9. The highest BCUT2D eigenvalue weighted by molar-refractivity contribution is 6.30. The first-order chi connectivity index (χ1) is 13.6. The Kier molecular flexibility index (Phi) is 6.50. The van der Waals surface area contributed by atoms with Crippen LogP contribution in [0.3, 0.4) is 0 Å². The molecule has 1 amide bonds. The van der Waals surface area contributed by atoms with Gasteiger partial charge in [0.15, 0.2) is 11.5 Å². The molecule has 1 heterocycles. The molecule has 0 spiro atoms. The molecule has 0 bridgehead atoms. The number of rotatable bonds is 7. The number of anilines is 1. The van der Waals surface area contributed by atoms with Gasteiger partial charge in [-0.25, -0.2) is 0 Å². The lowest BCUT2D eigenvalue weighted by Crippen LogP contribution is -2.13. The smallest absolute Gasteiger partial charge is 0.255 e. The molecule has 0 fully saturated rings. The molecule has 0 aliphatic rings. The van der Waals surface area contributed by atoms with Crippen molar-refractivity contribution in [2.45, 2.75) is 20.5 Å². The van der Waals surface area contributed by atoms with E-state index in [4.69, 9.17) is 21.1 Å². The fraction of sp³-hybridized carbons (Fsp3) is 0.182. The lowest BCUT2D eigenvalue weighted by Gasteiger charge is -2.14. The maximum Gasteiger partial charge on any atom is 0.255 e. The van der Waals surface area contributed by atoms with Crippen molar-refractivity contribution in [2.75, 3.05) is 11.9 Å². The first-order valence-corrected chi connectivity index (χ1v) is 9.30. The van der Waals surface area contributed by atoms with Crippen LogP contribution in [-0.2, 0) is 6.61 Å². The first kappa shape index (κ1) is 19.7. The molecular weight excluding hydrogens is 376 g/mol. The Balaban J connectivity index is 1.76. The van der Waals surface area contributed by atoms with E-state index in [-0.39, 0.29) is 5.91 Å². The maximum absolute atomic E-state index is 12.6. The van der Waals surface area contributed by atoms with Crippen molar-refractivity contribution in [1.82, 2.24) is 4.98 Å². The molecule has 2 aromatic carbocycles. The molecule has 0 atom stereocenters. The Bertz CT molecular complexity index is 961. The Morgan fingerprint density at radius 1 is 1.11 bits per heavy atom. The Hall–Kier alpha value is -3.05. The molecule has 0 aliphatic heterocycles. The van der Waals surface area contributed by atoms with Gasteiger partial charge >= 0.3 is 0 Å². The predicted octanol–water partition coefficient (Wildman–Crippen LogP) is 5.27. The van der Waals surface area contributed by atoms with Crippen LogP contribution < -0.4 is 14.8 Å². The topological polar surface area (TPSA) is 60.5 Å². The number of amides is 1. The molecule has 0 aliphatic carbocycles. The van der Waals surface area contributed by atoms with Crippen LogP contribution in [0.4, 0.5) is 5.69 Å². The van der Waals surface area contributed by atoms with Crippen LogP contribution in [0.25, 0.3) is 0 Å². The van der Waals surface area contributed by atoms with E-state index in [1.165, 1.54) is 0 Å². The number of hydrogen-bond acceptors (Lipinski definition) is 4. The number of nitrogens with zero attached hydrogens (tertiary/aromatic N) is 1. The second kappa shape index (κ2) is 9.24. The summed E-state index contributed by atoms with van der Waals surface area (Å²) in [6.45, 7) is 4.60. The van der Waals surface area contributed by atoms with Gasteiger partial charge in [0.1, 0.15) is 6.61 Å². The van der Waals surface area contributed by atoms with Gasteiger partial charge in [0.05, 0.1) is 6.61 Å². The van der Waals surface area contributed by atoms with Crippen molar-refractivity contribution in [1.29, 1.82) is 0 Å². The fourth-order valence-corrected chi connectivity index (χ4v) is 2.87. The maximum atomic E-state index is 12.6. The highest BCUT2D eigenvalue weighted by Crippen LogP contribution is 2.30. The highest BCUT2D eigenvalue weighted by Gasteiger charge is 2.13. The number of carbonyl (C=O) groups is 1. The van der Waals surface area contributed by atoms with E-state index in [1.807, 2.05) is 26.0 Å². The number of pyridine rings is 1. The average Bonchev–Trinajstić information content (AvgIpc) is 2.70. The minimum absolute atomic E-state index is 0.231. The van der Waals surface area contributed by atoms with E-state index in [2.05, 4.69) is 10.3 Å². The first-order valence-electron chi connectivity index (χ1n) is 8.93. The third-order valence-corrected chi connectivity index (χ3v) is 4.29. The van der Waals surface area contributed by atoms with Crippen LogP contribution in [0, 0.1) is 6.92 Å². The largest absolute Gasteiger partial charge is 0.490 e. The lowest BCUT2D eigenvalue weighted by molar-refractivity contribution is 0.102. The molecule has 6 heteroatoms. The standard InChI is InChI=1S/C22H21ClN2O3/c1-3-27-21-12-17(22(26)25-19-8-7-18(23)11-15(19)2)6-9-20(21)28-14-16-5-4-10-24-13-16/h4-13H,3,14H2,1-2H3,(H,25,26). The van der Waals surface area contributed by atoms with Crippen molar-refractivity contribution in [3.05, 3.63) is 82.6 Å². The van der Waals surface area contributed by atoms with E-state index in [0.29, 0.717) is 41.0 Å². The van der Waals surface area contributed by atoms with Gasteiger partial charge in [-0.2, -0.15) is 0 Å². The van der Waals surface area contributed by atoms with Gasteiger partial charge < -0.3 is 14.8 Å². The summed E-state index contributed by atoms with van der Waals surface area (Å²) in [6.07, 6.45) is 3.46. The Morgan fingerprint density at radius 2 is 1.96 bits per heavy atom. The second-order valence-corrected chi connectivity index (χ2v) is 6.59. The van der Waals surface area contributed by atoms with Crippen molar-refractivity contribution < 1.29 is 14.3 Å². The summed E-state index contributed by atoms with van der Waals surface area (Å²) in [4.78, 5) is 16.7. The molecule has 5 nitrogen and oxygen atoms in total. The number of nitrogens with one attached hydrogen (secondary N) is 1. The van der Waals surface area contributed by atoms with Gasteiger partial charge in [-0.3, -0.25) is 9.78 Å². The second-order valence-electron chi connectivity index (χ2n) is 6.16. The van der Waals surface area contributed by atoms with Crippen LogP contribution in [-0.4, -0.2) is 17.5 Å². The molecule has 1 N–H and O–H groups in total. The number of benzene rings is 2. The third-order valence-electron chi connectivity index (χ3n) is 4.06. The van der Waals surface area contributed by atoms with E-state index >= 15 is 0 Å². The summed E-state index contributed by atoms with van der Waals surface area (Å²) < 4.78 is 11.5. The van der Waals surface area contributed by atoms with Crippen molar-refractivity contribution in [3.63, 3.8) is 0 Å². The van der Waals surface area contributed by atoms with E-state index in [0.717, 1.165) is 11.1 Å². The van der Waals surface area contributed by atoms with Crippen LogP contribution in [0.1, 0.15) is 28.4 Å². The summed E-state index contributed by atoms with van der Waals surface area (Å²) in [6, 6.07) is 14.3. The van der Waals surface area contributed by atoms with Gasteiger partial charge in [0, 0.05) is 34.2 Å². The van der Waals surface area contributed by atoms with Crippen LogP contribution in [0.2, 0.25) is 5.02 Å². The van der Waals surface area contributed by atoms with Gasteiger partial charge in [-0.05, 0) is 61.9 Å². The Morgan fingerprint density at radius 3 is 2.68 bits per heavy atom. The van der Waals surface area contributed by atoms with Gasteiger partial charge in [0.25, 0.3) is 5.91 Å². The zero-order valence-corrected chi connectivity index (χ0v) is 16.5. The number of halogens is 1. The van der Waals surface area contributed by atoms with Crippen molar-refractivity contribution in [2.24, 2.45) is 0 Å². The predicted molar refractivity (Wildman–Crippen MR) is 110 cm³/mol. The molecule has 0 radical (unpaired) electrons.